The molecule has 1 aromatic carbocycles. The van der Waals surface area contributed by atoms with Gasteiger partial charge in [0, 0.05) is 31.3 Å². The van der Waals surface area contributed by atoms with Gasteiger partial charge >= 0.3 is 0 Å². The number of nitrogens with zero attached hydrogens (tertiary/aromatic N) is 3. The number of aryl methyl sites for hydroxylation is 1. The van der Waals surface area contributed by atoms with Crippen molar-refractivity contribution in [3.05, 3.63) is 41.5 Å². The van der Waals surface area contributed by atoms with Gasteiger partial charge in [-0.05, 0) is 31.8 Å². The van der Waals surface area contributed by atoms with E-state index in [0.717, 1.165) is 16.8 Å². The Morgan fingerprint density at radius 3 is 2.74 bits per heavy atom. The van der Waals surface area contributed by atoms with Crippen LogP contribution in [0.3, 0.4) is 0 Å². The third kappa shape index (κ3) is 2.83. The van der Waals surface area contributed by atoms with Crippen LogP contribution in [-0.2, 0) is 20.1 Å². The molecule has 0 fully saturated rings. The van der Waals surface area contributed by atoms with Crippen molar-refractivity contribution in [1.29, 1.82) is 0 Å². The van der Waals surface area contributed by atoms with Crippen molar-refractivity contribution in [2.75, 3.05) is 14.1 Å². The van der Waals surface area contributed by atoms with Crippen LogP contribution >= 0.6 is 0 Å². The minimum atomic E-state index is -0.185. The van der Waals surface area contributed by atoms with Crippen LogP contribution in [0.5, 0.6) is 0 Å². The summed E-state index contributed by atoms with van der Waals surface area (Å²) in [6.07, 6.45) is 1.77. The molecule has 0 saturated heterocycles. The van der Waals surface area contributed by atoms with Gasteiger partial charge in [0.1, 0.15) is 5.82 Å². The van der Waals surface area contributed by atoms with E-state index >= 15 is 0 Å². The lowest BCUT2D eigenvalue weighted by atomic mass is 10.0. The van der Waals surface area contributed by atoms with Gasteiger partial charge < -0.3 is 10.6 Å². The Morgan fingerprint density at radius 2 is 2.11 bits per heavy atom. The summed E-state index contributed by atoms with van der Waals surface area (Å²) in [4.78, 5) is 1.94. The monoisotopic (exact) mass is 262 g/mol. The maximum atomic E-state index is 13.8. The van der Waals surface area contributed by atoms with Gasteiger partial charge in [-0.25, -0.2) is 4.39 Å². The topological polar surface area (TPSA) is 47.1 Å². The van der Waals surface area contributed by atoms with E-state index in [0.29, 0.717) is 18.7 Å². The van der Waals surface area contributed by atoms with Gasteiger partial charge in [0.15, 0.2) is 0 Å². The third-order valence-electron chi connectivity index (χ3n) is 3.10. The van der Waals surface area contributed by atoms with Crippen LogP contribution in [0, 0.1) is 5.82 Å². The van der Waals surface area contributed by atoms with Crippen LogP contribution < -0.4 is 5.73 Å². The number of hydrogen-bond donors (Lipinski definition) is 1. The van der Waals surface area contributed by atoms with Crippen LogP contribution in [-0.4, -0.2) is 28.8 Å². The van der Waals surface area contributed by atoms with E-state index in [1.54, 1.807) is 16.9 Å². The summed E-state index contributed by atoms with van der Waals surface area (Å²) in [6, 6.07) is 5.14. The smallest absolute Gasteiger partial charge is 0.127 e. The van der Waals surface area contributed by atoms with E-state index in [2.05, 4.69) is 5.10 Å². The average molecular weight is 262 g/mol. The molecule has 0 saturated carbocycles. The van der Waals surface area contributed by atoms with Crippen LogP contribution in [0.4, 0.5) is 4.39 Å². The first-order valence-corrected chi connectivity index (χ1v) is 6.17. The van der Waals surface area contributed by atoms with E-state index in [9.17, 15) is 4.39 Å². The first-order valence-electron chi connectivity index (χ1n) is 6.17. The molecule has 5 heteroatoms. The van der Waals surface area contributed by atoms with Crippen LogP contribution in [0.2, 0.25) is 0 Å². The van der Waals surface area contributed by atoms with Crippen molar-refractivity contribution in [3.63, 3.8) is 0 Å². The number of benzene rings is 1. The van der Waals surface area contributed by atoms with Gasteiger partial charge in [-0.15, -0.1) is 0 Å². The summed E-state index contributed by atoms with van der Waals surface area (Å²) in [5.74, 6) is -0.185. The van der Waals surface area contributed by atoms with Crippen molar-refractivity contribution >= 4 is 0 Å². The molecule has 1 aromatic heterocycles. The second kappa shape index (κ2) is 5.50. The van der Waals surface area contributed by atoms with Gasteiger partial charge in [-0.1, -0.05) is 6.07 Å². The molecule has 1 heterocycles. The number of halogens is 1. The fourth-order valence-corrected chi connectivity index (χ4v) is 2.15. The second-order valence-corrected chi connectivity index (χ2v) is 4.88. The molecular formula is C14H19FN4. The largest absolute Gasteiger partial charge is 0.325 e. The van der Waals surface area contributed by atoms with Crippen molar-refractivity contribution in [2.45, 2.75) is 13.1 Å². The third-order valence-corrected chi connectivity index (χ3v) is 3.10. The first-order chi connectivity index (χ1) is 9.02. The van der Waals surface area contributed by atoms with Gasteiger partial charge in [0.2, 0.25) is 0 Å². The van der Waals surface area contributed by atoms with Gasteiger partial charge in [-0.2, -0.15) is 5.10 Å². The summed E-state index contributed by atoms with van der Waals surface area (Å²) >= 11 is 0. The molecule has 0 unspecified atom stereocenters. The molecule has 0 aliphatic carbocycles. The van der Waals surface area contributed by atoms with E-state index in [4.69, 9.17) is 5.73 Å². The minimum Gasteiger partial charge on any atom is -0.325 e. The van der Waals surface area contributed by atoms with E-state index in [-0.39, 0.29) is 5.82 Å². The van der Waals surface area contributed by atoms with Crippen LogP contribution in [0.25, 0.3) is 11.1 Å². The fraction of sp³-hybridized carbons (Fsp3) is 0.357. The molecule has 0 aliphatic heterocycles. The van der Waals surface area contributed by atoms with Crippen LogP contribution in [0.15, 0.2) is 24.4 Å². The minimum absolute atomic E-state index is 0.185. The summed E-state index contributed by atoms with van der Waals surface area (Å²) < 4.78 is 15.5. The van der Waals surface area contributed by atoms with E-state index in [1.165, 1.54) is 6.07 Å². The van der Waals surface area contributed by atoms with Gasteiger partial charge in [0.25, 0.3) is 0 Å². The molecule has 0 spiro atoms. The average Bonchev–Trinajstić information content (AvgIpc) is 2.72. The number of hydrogen-bond acceptors (Lipinski definition) is 3. The van der Waals surface area contributed by atoms with Crippen molar-refractivity contribution in [1.82, 2.24) is 14.7 Å². The normalized spacial score (nSPS) is 11.3. The Balaban J connectivity index is 2.45. The zero-order valence-corrected chi connectivity index (χ0v) is 11.5. The Labute approximate surface area is 112 Å². The summed E-state index contributed by atoms with van der Waals surface area (Å²) in [7, 11) is 5.69. The molecule has 2 N–H and O–H groups in total. The molecule has 2 aromatic rings. The Bertz CT molecular complexity index is 575. The van der Waals surface area contributed by atoms with Crippen molar-refractivity contribution < 1.29 is 4.39 Å². The molecule has 102 valence electrons. The van der Waals surface area contributed by atoms with Crippen LogP contribution in [0.1, 0.15) is 11.3 Å². The zero-order chi connectivity index (χ0) is 14.0. The predicted molar refractivity (Wildman–Crippen MR) is 73.9 cm³/mol. The highest BCUT2D eigenvalue weighted by Crippen LogP contribution is 2.25. The highest BCUT2D eigenvalue weighted by molar-refractivity contribution is 5.66. The molecular weight excluding hydrogens is 243 g/mol. The maximum absolute atomic E-state index is 13.8. The van der Waals surface area contributed by atoms with Gasteiger partial charge in [-0.3, -0.25) is 4.68 Å². The Hall–Kier alpha value is -1.72. The fourth-order valence-electron chi connectivity index (χ4n) is 2.15. The quantitative estimate of drug-likeness (QED) is 0.913. The molecule has 0 aliphatic rings. The SMILES string of the molecule is CN(C)Cc1cc(-c2cnn(C)c2CN)ccc1F. The van der Waals surface area contributed by atoms with E-state index in [1.807, 2.05) is 32.1 Å². The van der Waals surface area contributed by atoms with Crippen molar-refractivity contribution in [2.24, 2.45) is 12.8 Å². The maximum Gasteiger partial charge on any atom is 0.127 e. The Morgan fingerprint density at radius 1 is 1.37 bits per heavy atom. The molecule has 19 heavy (non-hydrogen) atoms. The standard InChI is InChI=1S/C14H19FN4/c1-18(2)9-11-6-10(4-5-13(11)15)12-8-17-19(3)14(12)7-16/h4-6,8H,7,9,16H2,1-3H3. The van der Waals surface area contributed by atoms with E-state index < -0.39 is 0 Å². The molecule has 0 radical (unpaired) electrons. The first kappa shape index (κ1) is 13.7. The lowest BCUT2D eigenvalue weighted by Crippen LogP contribution is -2.12. The number of nitrogens with two attached hydrogens (primary N) is 1. The zero-order valence-electron chi connectivity index (χ0n) is 11.5. The lowest BCUT2D eigenvalue weighted by Gasteiger charge is -2.12. The Kier molecular flexibility index (Phi) is 3.97. The summed E-state index contributed by atoms with van der Waals surface area (Å²) in [5.41, 5.74) is 9.27. The number of rotatable bonds is 4. The molecule has 0 bridgehead atoms. The highest BCUT2D eigenvalue weighted by Gasteiger charge is 2.12. The predicted octanol–water partition coefficient (Wildman–Crippen LogP) is 1.75. The number of aromatic nitrogens is 2. The van der Waals surface area contributed by atoms with Gasteiger partial charge in [0.05, 0.1) is 11.9 Å². The lowest BCUT2D eigenvalue weighted by molar-refractivity contribution is 0.392. The van der Waals surface area contributed by atoms with Crippen molar-refractivity contribution in [3.8, 4) is 11.1 Å². The second-order valence-electron chi connectivity index (χ2n) is 4.88. The summed E-state index contributed by atoms with van der Waals surface area (Å²) in [5, 5.41) is 4.21. The molecule has 2 rings (SSSR count). The molecule has 0 atom stereocenters. The highest BCUT2D eigenvalue weighted by atomic mass is 19.1. The molecule has 4 nitrogen and oxygen atoms in total. The molecule has 0 amide bonds. The summed E-state index contributed by atoms with van der Waals surface area (Å²) in [6.45, 7) is 0.976.